The van der Waals surface area contributed by atoms with Gasteiger partial charge in [0.25, 0.3) is 5.91 Å². The smallest absolute Gasteiger partial charge is 0.253 e. The summed E-state index contributed by atoms with van der Waals surface area (Å²) in [5, 5.41) is 2.79. The van der Waals surface area contributed by atoms with Gasteiger partial charge in [-0.25, -0.2) is 0 Å². The zero-order chi connectivity index (χ0) is 19.2. The summed E-state index contributed by atoms with van der Waals surface area (Å²) in [6.07, 6.45) is 0.428. The molecule has 2 aromatic carbocycles. The second kappa shape index (κ2) is 8.58. The zero-order valence-corrected chi connectivity index (χ0v) is 15.8. The molecular formula is C21H25N3O3. The van der Waals surface area contributed by atoms with Crippen LogP contribution in [0.4, 0.5) is 11.4 Å². The molecule has 1 aliphatic heterocycles. The highest BCUT2D eigenvalue weighted by Crippen LogP contribution is 2.28. The van der Waals surface area contributed by atoms with Crippen LogP contribution in [0.2, 0.25) is 0 Å². The van der Waals surface area contributed by atoms with E-state index < -0.39 is 0 Å². The molecule has 2 aromatic rings. The lowest BCUT2D eigenvalue weighted by Gasteiger charge is -2.36. The maximum atomic E-state index is 12.8. The van der Waals surface area contributed by atoms with Gasteiger partial charge in [0.2, 0.25) is 5.91 Å². The molecule has 1 aliphatic rings. The van der Waals surface area contributed by atoms with E-state index in [9.17, 15) is 9.59 Å². The van der Waals surface area contributed by atoms with E-state index in [1.165, 1.54) is 0 Å². The molecule has 6 heteroatoms. The molecule has 1 N–H and O–H groups in total. The van der Waals surface area contributed by atoms with Crippen molar-refractivity contribution in [2.24, 2.45) is 0 Å². The number of nitrogens with one attached hydrogen (secondary N) is 1. The number of anilines is 2. The molecule has 0 aromatic heterocycles. The minimum atomic E-state index is -0.0402. The first-order valence-corrected chi connectivity index (χ1v) is 9.19. The van der Waals surface area contributed by atoms with Gasteiger partial charge in [0.15, 0.2) is 0 Å². The molecule has 1 saturated heterocycles. The van der Waals surface area contributed by atoms with Gasteiger partial charge in [-0.3, -0.25) is 9.59 Å². The highest BCUT2D eigenvalue weighted by atomic mass is 16.5. The third-order valence-corrected chi connectivity index (χ3v) is 4.73. The van der Waals surface area contributed by atoms with Crippen molar-refractivity contribution in [2.75, 3.05) is 43.5 Å². The Labute approximate surface area is 159 Å². The van der Waals surface area contributed by atoms with E-state index in [2.05, 4.69) is 10.2 Å². The van der Waals surface area contributed by atoms with E-state index in [0.717, 1.165) is 24.5 Å². The van der Waals surface area contributed by atoms with Crippen molar-refractivity contribution < 1.29 is 14.3 Å². The van der Waals surface area contributed by atoms with E-state index in [0.29, 0.717) is 30.8 Å². The van der Waals surface area contributed by atoms with Crippen molar-refractivity contribution in [2.45, 2.75) is 13.3 Å². The Morgan fingerprint density at radius 1 is 1.00 bits per heavy atom. The minimum Gasteiger partial charge on any atom is -0.495 e. The largest absolute Gasteiger partial charge is 0.495 e. The van der Waals surface area contributed by atoms with E-state index in [4.69, 9.17) is 4.74 Å². The molecular weight excluding hydrogens is 342 g/mol. The van der Waals surface area contributed by atoms with Crippen LogP contribution in [0.15, 0.2) is 48.5 Å². The quantitative estimate of drug-likeness (QED) is 0.882. The Bertz CT molecular complexity index is 797. The molecule has 3 rings (SSSR count). The Kier molecular flexibility index (Phi) is 5.96. The van der Waals surface area contributed by atoms with E-state index in [-0.39, 0.29) is 11.8 Å². The van der Waals surface area contributed by atoms with Crippen molar-refractivity contribution in [3.05, 3.63) is 54.1 Å². The molecule has 0 bridgehead atoms. The summed E-state index contributed by atoms with van der Waals surface area (Å²) in [4.78, 5) is 28.3. The summed E-state index contributed by atoms with van der Waals surface area (Å²) in [5.74, 6) is 0.826. The van der Waals surface area contributed by atoms with Crippen LogP contribution in [0.5, 0.6) is 5.75 Å². The number of para-hydroxylation sites is 2. The van der Waals surface area contributed by atoms with Crippen molar-refractivity contribution >= 4 is 23.2 Å². The van der Waals surface area contributed by atoms with Gasteiger partial charge in [-0.2, -0.15) is 0 Å². The highest BCUT2D eigenvalue weighted by molar-refractivity contribution is 5.96. The van der Waals surface area contributed by atoms with Crippen molar-refractivity contribution in [3.8, 4) is 5.75 Å². The first-order valence-electron chi connectivity index (χ1n) is 9.19. The third kappa shape index (κ3) is 4.39. The molecule has 0 spiro atoms. The van der Waals surface area contributed by atoms with Gasteiger partial charge in [-0.15, -0.1) is 0 Å². The monoisotopic (exact) mass is 367 g/mol. The predicted octanol–water partition coefficient (Wildman–Crippen LogP) is 3.01. The number of methoxy groups -OCH3 is 1. The van der Waals surface area contributed by atoms with Crippen LogP contribution in [0.1, 0.15) is 23.7 Å². The summed E-state index contributed by atoms with van der Waals surface area (Å²) in [7, 11) is 1.67. The number of nitrogens with zero attached hydrogens (tertiary/aromatic N) is 2. The van der Waals surface area contributed by atoms with Gasteiger partial charge in [0.05, 0.1) is 12.8 Å². The average molecular weight is 367 g/mol. The standard InChI is InChI=1S/C21H25N3O3/c1-3-20(25)22-17-10-8-16(9-11-17)21(26)24-14-12-23(13-15-24)18-6-4-5-7-19(18)27-2/h4-11H,3,12-15H2,1-2H3,(H,22,25). The van der Waals surface area contributed by atoms with Crippen LogP contribution < -0.4 is 15.0 Å². The van der Waals surface area contributed by atoms with Crippen molar-refractivity contribution in [1.82, 2.24) is 4.90 Å². The number of amides is 2. The van der Waals surface area contributed by atoms with Crippen LogP contribution in [-0.2, 0) is 4.79 Å². The first kappa shape index (κ1) is 18.8. The van der Waals surface area contributed by atoms with Gasteiger partial charge >= 0.3 is 0 Å². The van der Waals surface area contributed by atoms with Crippen LogP contribution in [0.25, 0.3) is 0 Å². The summed E-state index contributed by atoms with van der Waals surface area (Å²) in [6.45, 7) is 4.64. The Balaban J connectivity index is 1.60. The van der Waals surface area contributed by atoms with Crippen LogP contribution in [-0.4, -0.2) is 50.0 Å². The fraction of sp³-hybridized carbons (Fsp3) is 0.333. The number of hydrogen-bond donors (Lipinski definition) is 1. The summed E-state index contributed by atoms with van der Waals surface area (Å²) in [6, 6.07) is 15.0. The third-order valence-electron chi connectivity index (χ3n) is 4.73. The molecule has 1 fully saturated rings. The molecule has 0 radical (unpaired) electrons. The molecule has 0 saturated carbocycles. The van der Waals surface area contributed by atoms with Crippen LogP contribution >= 0.6 is 0 Å². The topological polar surface area (TPSA) is 61.9 Å². The Morgan fingerprint density at radius 2 is 1.67 bits per heavy atom. The van der Waals surface area contributed by atoms with Gasteiger partial charge in [0.1, 0.15) is 5.75 Å². The van der Waals surface area contributed by atoms with Crippen LogP contribution in [0.3, 0.4) is 0 Å². The van der Waals surface area contributed by atoms with Gasteiger partial charge in [-0.1, -0.05) is 19.1 Å². The summed E-state index contributed by atoms with van der Waals surface area (Å²) in [5.41, 5.74) is 2.40. The van der Waals surface area contributed by atoms with E-state index in [1.807, 2.05) is 29.2 Å². The molecule has 142 valence electrons. The summed E-state index contributed by atoms with van der Waals surface area (Å²) >= 11 is 0. The molecule has 6 nitrogen and oxygen atoms in total. The van der Waals surface area contributed by atoms with Gasteiger partial charge < -0.3 is 19.9 Å². The number of benzene rings is 2. The number of carbonyl (C=O) groups excluding carboxylic acids is 2. The number of rotatable bonds is 5. The fourth-order valence-electron chi connectivity index (χ4n) is 3.17. The van der Waals surface area contributed by atoms with E-state index in [1.54, 1.807) is 38.3 Å². The molecule has 0 unspecified atom stereocenters. The minimum absolute atomic E-state index is 0.0167. The van der Waals surface area contributed by atoms with Crippen LogP contribution in [0, 0.1) is 0 Å². The molecule has 2 amide bonds. The Morgan fingerprint density at radius 3 is 2.30 bits per heavy atom. The molecule has 1 heterocycles. The first-order chi connectivity index (χ1) is 13.1. The number of piperazine rings is 1. The number of ether oxygens (including phenoxy) is 1. The SMILES string of the molecule is CCC(=O)Nc1ccc(C(=O)N2CCN(c3ccccc3OC)CC2)cc1. The lowest BCUT2D eigenvalue weighted by atomic mass is 10.1. The second-order valence-corrected chi connectivity index (χ2v) is 6.43. The summed E-state index contributed by atoms with van der Waals surface area (Å²) < 4.78 is 5.44. The molecule has 0 atom stereocenters. The zero-order valence-electron chi connectivity index (χ0n) is 15.8. The molecule has 27 heavy (non-hydrogen) atoms. The number of carbonyl (C=O) groups is 2. The van der Waals surface area contributed by atoms with Crippen molar-refractivity contribution in [1.29, 1.82) is 0 Å². The lowest BCUT2D eigenvalue weighted by molar-refractivity contribution is -0.115. The maximum Gasteiger partial charge on any atom is 0.253 e. The van der Waals surface area contributed by atoms with E-state index >= 15 is 0 Å². The van der Waals surface area contributed by atoms with Gasteiger partial charge in [-0.05, 0) is 36.4 Å². The molecule has 0 aliphatic carbocycles. The maximum absolute atomic E-state index is 12.8. The second-order valence-electron chi connectivity index (χ2n) is 6.43. The lowest BCUT2D eigenvalue weighted by Crippen LogP contribution is -2.48. The highest BCUT2D eigenvalue weighted by Gasteiger charge is 2.23. The normalized spacial score (nSPS) is 14.0. The Hall–Kier alpha value is -3.02. The van der Waals surface area contributed by atoms with Crippen molar-refractivity contribution in [3.63, 3.8) is 0 Å². The number of hydrogen-bond acceptors (Lipinski definition) is 4. The average Bonchev–Trinajstić information content (AvgIpc) is 2.73. The fourth-order valence-corrected chi connectivity index (χ4v) is 3.17. The van der Waals surface area contributed by atoms with Gasteiger partial charge in [0, 0.05) is 43.9 Å². The predicted molar refractivity (Wildman–Crippen MR) is 106 cm³/mol.